The molecule has 1 aromatic heterocycles. The first-order valence-electron chi connectivity index (χ1n) is 9.73. The van der Waals surface area contributed by atoms with Crippen LogP contribution in [0, 0.1) is 0 Å². The molecule has 6 amide bonds. The van der Waals surface area contributed by atoms with Gasteiger partial charge in [0.05, 0.1) is 12.8 Å². The van der Waals surface area contributed by atoms with E-state index in [1.54, 1.807) is 19.1 Å². The fourth-order valence-electron chi connectivity index (χ4n) is 3.85. The molecule has 1 saturated heterocycles. The first kappa shape index (κ1) is 19.7. The van der Waals surface area contributed by atoms with Gasteiger partial charge in [0.2, 0.25) is 5.91 Å². The van der Waals surface area contributed by atoms with E-state index in [9.17, 15) is 19.2 Å². The Bertz CT molecular complexity index is 1020. The van der Waals surface area contributed by atoms with Crippen LogP contribution in [0.1, 0.15) is 35.8 Å². The predicted molar refractivity (Wildman–Crippen MR) is 105 cm³/mol. The maximum Gasteiger partial charge on any atom is 0.325 e. The second-order valence-corrected chi connectivity index (χ2v) is 7.59. The summed E-state index contributed by atoms with van der Waals surface area (Å²) in [5.74, 6) is -0.776. The Morgan fingerprint density at radius 2 is 2.00 bits per heavy atom. The van der Waals surface area contributed by atoms with Crippen LogP contribution in [-0.2, 0) is 34.5 Å². The maximum absolute atomic E-state index is 13.0. The van der Waals surface area contributed by atoms with Gasteiger partial charge in [0.15, 0.2) is 0 Å². The SMILES string of the molecule is C[C@@]1(c2ccc3c(c2)CCC3)NC(=O)N(CC(=O)NC(=O)NCc2ccco2)C1=O. The minimum Gasteiger partial charge on any atom is -0.467 e. The number of benzene rings is 1. The van der Waals surface area contributed by atoms with Crippen molar-refractivity contribution in [3.05, 3.63) is 59.0 Å². The number of nitrogens with one attached hydrogen (secondary N) is 3. The summed E-state index contributed by atoms with van der Waals surface area (Å²) in [4.78, 5) is 50.3. The summed E-state index contributed by atoms with van der Waals surface area (Å²) in [6, 6.07) is 7.71. The lowest BCUT2D eigenvalue weighted by Crippen LogP contribution is -2.46. The first-order chi connectivity index (χ1) is 14.4. The molecule has 0 bridgehead atoms. The van der Waals surface area contributed by atoms with E-state index in [0.717, 1.165) is 24.2 Å². The third-order valence-corrected chi connectivity index (χ3v) is 5.51. The molecule has 1 atom stereocenters. The molecule has 4 rings (SSSR count). The lowest BCUT2D eigenvalue weighted by Gasteiger charge is -2.23. The number of nitrogens with zero attached hydrogens (tertiary/aromatic N) is 1. The summed E-state index contributed by atoms with van der Waals surface area (Å²) in [5, 5.41) is 7.25. The summed E-state index contributed by atoms with van der Waals surface area (Å²) < 4.78 is 5.08. The van der Waals surface area contributed by atoms with Crippen LogP contribution in [0.25, 0.3) is 0 Å². The Kier molecular flexibility index (Phi) is 5.03. The van der Waals surface area contributed by atoms with Gasteiger partial charge in [-0.1, -0.05) is 18.2 Å². The third-order valence-electron chi connectivity index (χ3n) is 5.51. The number of hydrogen-bond donors (Lipinski definition) is 3. The van der Waals surface area contributed by atoms with E-state index in [2.05, 4.69) is 16.0 Å². The van der Waals surface area contributed by atoms with Crippen LogP contribution in [0.15, 0.2) is 41.0 Å². The van der Waals surface area contributed by atoms with E-state index in [4.69, 9.17) is 4.42 Å². The second kappa shape index (κ2) is 7.66. The Balaban J connectivity index is 1.39. The van der Waals surface area contributed by atoms with E-state index < -0.39 is 36.0 Å². The normalized spacial score (nSPS) is 20.1. The van der Waals surface area contributed by atoms with E-state index >= 15 is 0 Å². The number of hydrogen-bond acceptors (Lipinski definition) is 5. The van der Waals surface area contributed by atoms with Crippen LogP contribution in [-0.4, -0.2) is 35.3 Å². The smallest absolute Gasteiger partial charge is 0.325 e. The molecular formula is C21H22N4O5. The number of carbonyl (C=O) groups excluding carboxylic acids is 4. The molecule has 0 radical (unpaired) electrons. The first-order valence-corrected chi connectivity index (χ1v) is 9.73. The Labute approximate surface area is 172 Å². The summed E-state index contributed by atoms with van der Waals surface area (Å²) in [5.41, 5.74) is 1.87. The van der Waals surface area contributed by atoms with Crippen LogP contribution in [0.5, 0.6) is 0 Å². The van der Waals surface area contributed by atoms with Crippen LogP contribution in [0.2, 0.25) is 0 Å². The quantitative estimate of drug-likeness (QED) is 0.646. The molecule has 156 valence electrons. The monoisotopic (exact) mass is 410 g/mol. The van der Waals surface area contributed by atoms with Crippen molar-refractivity contribution >= 4 is 23.9 Å². The molecule has 1 aliphatic carbocycles. The van der Waals surface area contributed by atoms with Gasteiger partial charge in [-0.3, -0.25) is 19.8 Å². The number of imide groups is 2. The molecule has 1 fully saturated rings. The zero-order chi connectivity index (χ0) is 21.3. The zero-order valence-electron chi connectivity index (χ0n) is 16.5. The molecule has 30 heavy (non-hydrogen) atoms. The van der Waals surface area contributed by atoms with Crippen molar-refractivity contribution in [1.82, 2.24) is 20.9 Å². The molecular weight excluding hydrogens is 388 g/mol. The molecule has 1 aromatic carbocycles. The molecule has 9 nitrogen and oxygen atoms in total. The minimum absolute atomic E-state index is 0.103. The highest BCUT2D eigenvalue weighted by Crippen LogP contribution is 2.32. The van der Waals surface area contributed by atoms with Gasteiger partial charge in [-0.2, -0.15) is 0 Å². The van der Waals surface area contributed by atoms with E-state index in [1.165, 1.54) is 17.4 Å². The number of urea groups is 2. The highest BCUT2D eigenvalue weighted by Gasteiger charge is 2.49. The van der Waals surface area contributed by atoms with Gasteiger partial charge in [-0.25, -0.2) is 9.59 Å². The van der Waals surface area contributed by atoms with Crippen LogP contribution in [0.3, 0.4) is 0 Å². The van der Waals surface area contributed by atoms with Gasteiger partial charge in [0.25, 0.3) is 5.91 Å². The van der Waals surface area contributed by atoms with E-state index in [1.807, 2.05) is 18.2 Å². The predicted octanol–water partition coefficient (Wildman–Crippen LogP) is 1.56. The van der Waals surface area contributed by atoms with Crippen molar-refractivity contribution in [2.75, 3.05) is 6.54 Å². The van der Waals surface area contributed by atoms with Crippen molar-refractivity contribution in [2.45, 2.75) is 38.3 Å². The van der Waals surface area contributed by atoms with Crippen molar-refractivity contribution in [3.63, 3.8) is 0 Å². The lowest BCUT2D eigenvalue weighted by molar-refractivity contribution is -0.134. The van der Waals surface area contributed by atoms with Gasteiger partial charge >= 0.3 is 12.1 Å². The third kappa shape index (κ3) is 3.66. The molecule has 2 aliphatic rings. The van der Waals surface area contributed by atoms with Crippen molar-refractivity contribution in [3.8, 4) is 0 Å². The van der Waals surface area contributed by atoms with Gasteiger partial charge in [0.1, 0.15) is 17.8 Å². The molecule has 2 aromatic rings. The zero-order valence-corrected chi connectivity index (χ0v) is 16.5. The van der Waals surface area contributed by atoms with Crippen molar-refractivity contribution in [2.24, 2.45) is 0 Å². The fourth-order valence-corrected chi connectivity index (χ4v) is 3.85. The molecule has 3 N–H and O–H groups in total. The molecule has 2 heterocycles. The van der Waals surface area contributed by atoms with Crippen molar-refractivity contribution < 1.29 is 23.6 Å². The van der Waals surface area contributed by atoms with Crippen LogP contribution in [0.4, 0.5) is 9.59 Å². The summed E-state index contributed by atoms with van der Waals surface area (Å²) >= 11 is 0. The number of furan rings is 1. The number of carbonyl (C=O) groups is 4. The largest absolute Gasteiger partial charge is 0.467 e. The highest BCUT2D eigenvalue weighted by molar-refractivity contribution is 6.10. The lowest BCUT2D eigenvalue weighted by atomic mass is 9.89. The molecule has 0 spiro atoms. The number of rotatable bonds is 5. The molecule has 1 aliphatic heterocycles. The summed E-state index contributed by atoms with van der Waals surface area (Å²) in [7, 11) is 0. The molecule has 0 saturated carbocycles. The average molecular weight is 410 g/mol. The minimum atomic E-state index is -1.25. The van der Waals surface area contributed by atoms with Gasteiger partial charge in [0, 0.05) is 0 Å². The maximum atomic E-state index is 13.0. The fraction of sp³-hybridized carbons (Fsp3) is 0.333. The number of amides is 6. The average Bonchev–Trinajstić information content (AvgIpc) is 3.44. The van der Waals surface area contributed by atoms with Gasteiger partial charge in [-0.15, -0.1) is 0 Å². The number of aryl methyl sites for hydroxylation is 2. The standard InChI is InChI=1S/C21H22N4O5/c1-21(15-8-7-13-4-2-5-14(13)10-15)18(27)25(20(29)24-21)12-17(26)23-19(28)22-11-16-6-3-9-30-16/h3,6-10H,2,4-5,11-12H2,1H3,(H,24,29)(H2,22,23,26,28)/t21-/m0/s1. The Morgan fingerprint density at radius 3 is 2.77 bits per heavy atom. The van der Waals surface area contributed by atoms with Crippen LogP contribution < -0.4 is 16.0 Å². The van der Waals surface area contributed by atoms with E-state index in [0.29, 0.717) is 11.3 Å². The summed E-state index contributed by atoms with van der Waals surface area (Å²) in [6.07, 6.45) is 4.50. The summed E-state index contributed by atoms with van der Waals surface area (Å²) in [6.45, 7) is 1.17. The van der Waals surface area contributed by atoms with Gasteiger partial charge in [-0.05, 0) is 55.0 Å². The Hall–Kier alpha value is -3.62. The Morgan fingerprint density at radius 1 is 1.20 bits per heavy atom. The van der Waals surface area contributed by atoms with Crippen molar-refractivity contribution in [1.29, 1.82) is 0 Å². The topological polar surface area (TPSA) is 121 Å². The second-order valence-electron chi connectivity index (χ2n) is 7.59. The molecule has 0 unspecified atom stereocenters. The number of fused-ring (bicyclic) bond motifs is 1. The van der Waals surface area contributed by atoms with Crippen LogP contribution >= 0.6 is 0 Å². The van der Waals surface area contributed by atoms with Gasteiger partial charge < -0.3 is 15.1 Å². The highest BCUT2D eigenvalue weighted by atomic mass is 16.3. The van der Waals surface area contributed by atoms with E-state index in [-0.39, 0.29) is 6.54 Å². The molecule has 9 heteroatoms.